The van der Waals surface area contributed by atoms with E-state index in [1.54, 1.807) is 0 Å². The first-order valence-electron chi connectivity index (χ1n) is 7.42. The van der Waals surface area contributed by atoms with Crippen molar-refractivity contribution in [3.05, 3.63) is 71.5 Å². The molecular weight excluding hydrogens is 265 g/mol. The maximum Gasteiger partial charge on any atom is 0.123 e. The van der Waals surface area contributed by atoms with Crippen molar-refractivity contribution in [1.82, 2.24) is 5.32 Å². The van der Waals surface area contributed by atoms with Gasteiger partial charge in [-0.05, 0) is 36.1 Å². The summed E-state index contributed by atoms with van der Waals surface area (Å²) in [6.45, 7) is 2.23. The molecule has 2 N–H and O–H groups in total. The van der Waals surface area contributed by atoms with E-state index in [2.05, 4.69) is 24.4 Å². The lowest BCUT2D eigenvalue weighted by Crippen LogP contribution is -2.27. The largest absolute Gasteiger partial charge is 0.396 e. The van der Waals surface area contributed by atoms with Crippen LogP contribution in [-0.2, 0) is 0 Å². The lowest BCUT2D eigenvalue weighted by atomic mass is 9.99. The molecule has 0 aliphatic heterocycles. The van der Waals surface area contributed by atoms with Crippen molar-refractivity contribution < 1.29 is 9.50 Å². The summed E-state index contributed by atoms with van der Waals surface area (Å²) in [5, 5.41) is 12.9. The van der Waals surface area contributed by atoms with Crippen molar-refractivity contribution >= 4 is 0 Å². The molecule has 3 heteroatoms. The van der Waals surface area contributed by atoms with Crippen LogP contribution in [0.3, 0.4) is 0 Å². The maximum absolute atomic E-state index is 13.0. The van der Waals surface area contributed by atoms with Crippen LogP contribution in [0.5, 0.6) is 0 Å². The van der Waals surface area contributed by atoms with Gasteiger partial charge in [-0.15, -0.1) is 0 Å². The molecule has 2 nitrogen and oxygen atoms in total. The lowest BCUT2D eigenvalue weighted by molar-refractivity contribution is 0.258. The Morgan fingerprint density at radius 1 is 0.952 bits per heavy atom. The standard InChI is InChI=1S/C18H22FNO/c1-2-17(15-8-10-16(19)11-9-15)20-18(12-13-21)14-6-4-3-5-7-14/h3-11,17-18,20-21H,2,12-13H2,1H3/t17?,18-/m1/s1. The Hall–Kier alpha value is -1.71. The second kappa shape index (κ2) is 7.91. The van der Waals surface area contributed by atoms with Crippen LogP contribution in [0, 0.1) is 5.82 Å². The van der Waals surface area contributed by atoms with Gasteiger partial charge >= 0.3 is 0 Å². The molecule has 0 aliphatic rings. The normalized spacial score (nSPS) is 13.9. The van der Waals surface area contributed by atoms with Gasteiger partial charge in [0.05, 0.1) is 0 Å². The fourth-order valence-electron chi connectivity index (χ4n) is 2.55. The van der Waals surface area contributed by atoms with Crippen LogP contribution in [0.15, 0.2) is 54.6 Å². The Bertz CT molecular complexity index is 527. The number of aliphatic hydroxyl groups is 1. The quantitative estimate of drug-likeness (QED) is 0.807. The molecule has 0 amide bonds. The highest BCUT2D eigenvalue weighted by molar-refractivity contribution is 5.23. The minimum Gasteiger partial charge on any atom is -0.396 e. The van der Waals surface area contributed by atoms with E-state index in [0.29, 0.717) is 6.42 Å². The SMILES string of the molecule is CCC(N[C@H](CCO)c1ccccc1)c1ccc(F)cc1. The Kier molecular flexibility index (Phi) is 5.90. The van der Waals surface area contributed by atoms with Crippen LogP contribution in [-0.4, -0.2) is 11.7 Å². The average Bonchev–Trinajstić information content (AvgIpc) is 2.53. The van der Waals surface area contributed by atoms with Crippen molar-refractivity contribution in [2.75, 3.05) is 6.61 Å². The zero-order chi connectivity index (χ0) is 15.1. The van der Waals surface area contributed by atoms with Crippen LogP contribution in [0.2, 0.25) is 0 Å². The third-order valence-corrected chi connectivity index (χ3v) is 3.70. The van der Waals surface area contributed by atoms with Crippen LogP contribution in [0.1, 0.15) is 43.0 Å². The van der Waals surface area contributed by atoms with Gasteiger partial charge < -0.3 is 10.4 Å². The zero-order valence-corrected chi connectivity index (χ0v) is 12.3. The minimum atomic E-state index is -0.219. The molecule has 2 atom stereocenters. The van der Waals surface area contributed by atoms with Gasteiger partial charge in [0.15, 0.2) is 0 Å². The lowest BCUT2D eigenvalue weighted by Gasteiger charge is -2.25. The first-order valence-corrected chi connectivity index (χ1v) is 7.42. The number of rotatable bonds is 7. The van der Waals surface area contributed by atoms with E-state index in [1.165, 1.54) is 12.1 Å². The van der Waals surface area contributed by atoms with Crippen molar-refractivity contribution in [3.8, 4) is 0 Å². The number of halogens is 1. The molecule has 0 heterocycles. The van der Waals surface area contributed by atoms with E-state index in [1.807, 2.05) is 30.3 Å². The van der Waals surface area contributed by atoms with Gasteiger partial charge in [0.1, 0.15) is 5.82 Å². The Morgan fingerprint density at radius 3 is 2.14 bits per heavy atom. The van der Waals surface area contributed by atoms with Gasteiger partial charge in [0.25, 0.3) is 0 Å². The summed E-state index contributed by atoms with van der Waals surface area (Å²) in [7, 11) is 0. The number of hydrogen-bond donors (Lipinski definition) is 2. The van der Waals surface area contributed by atoms with Crippen LogP contribution in [0.4, 0.5) is 4.39 Å². The third-order valence-electron chi connectivity index (χ3n) is 3.70. The summed E-state index contributed by atoms with van der Waals surface area (Å²) in [6.07, 6.45) is 1.56. The van der Waals surface area contributed by atoms with Gasteiger partial charge in [-0.3, -0.25) is 0 Å². The van der Waals surface area contributed by atoms with Gasteiger partial charge in [-0.1, -0.05) is 49.4 Å². The monoisotopic (exact) mass is 287 g/mol. The Morgan fingerprint density at radius 2 is 1.57 bits per heavy atom. The summed E-state index contributed by atoms with van der Waals surface area (Å²) in [5.41, 5.74) is 2.23. The molecule has 0 aliphatic carbocycles. The Labute approximate surface area is 125 Å². The first-order chi connectivity index (χ1) is 10.2. The number of benzene rings is 2. The van der Waals surface area contributed by atoms with E-state index < -0.39 is 0 Å². The van der Waals surface area contributed by atoms with Crippen molar-refractivity contribution in [1.29, 1.82) is 0 Å². The highest BCUT2D eigenvalue weighted by Gasteiger charge is 2.16. The molecule has 0 bridgehead atoms. The molecular formula is C18H22FNO. The molecule has 0 saturated carbocycles. The fourth-order valence-corrected chi connectivity index (χ4v) is 2.55. The van der Waals surface area contributed by atoms with E-state index in [4.69, 9.17) is 0 Å². The summed E-state index contributed by atoms with van der Waals surface area (Å²) in [4.78, 5) is 0. The van der Waals surface area contributed by atoms with Crippen molar-refractivity contribution in [2.24, 2.45) is 0 Å². The second-order valence-electron chi connectivity index (χ2n) is 5.15. The predicted octanol–water partition coefficient (Wildman–Crippen LogP) is 3.99. The smallest absolute Gasteiger partial charge is 0.123 e. The molecule has 21 heavy (non-hydrogen) atoms. The molecule has 1 unspecified atom stereocenters. The number of aliphatic hydroxyl groups excluding tert-OH is 1. The Balaban J connectivity index is 2.15. The zero-order valence-electron chi connectivity index (χ0n) is 12.3. The molecule has 0 spiro atoms. The summed E-state index contributed by atoms with van der Waals surface area (Å²) < 4.78 is 13.0. The summed E-state index contributed by atoms with van der Waals surface area (Å²) >= 11 is 0. The van der Waals surface area contributed by atoms with Gasteiger partial charge in [-0.2, -0.15) is 0 Å². The average molecular weight is 287 g/mol. The third kappa shape index (κ3) is 4.38. The van der Waals surface area contributed by atoms with Gasteiger partial charge in [-0.25, -0.2) is 4.39 Å². The van der Waals surface area contributed by atoms with Crippen molar-refractivity contribution in [2.45, 2.75) is 31.8 Å². The maximum atomic E-state index is 13.0. The van der Waals surface area contributed by atoms with Crippen molar-refractivity contribution in [3.63, 3.8) is 0 Å². The van der Waals surface area contributed by atoms with E-state index >= 15 is 0 Å². The highest BCUT2D eigenvalue weighted by Crippen LogP contribution is 2.24. The predicted molar refractivity (Wildman–Crippen MR) is 83.5 cm³/mol. The van der Waals surface area contributed by atoms with Gasteiger partial charge in [0.2, 0.25) is 0 Å². The first kappa shape index (κ1) is 15.7. The molecule has 0 fully saturated rings. The summed E-state index contributed by atoms with van der Waals surface area (Å²) in [6, 6.07) is 16.9. The van der Waals surface area contributed by atoms with E-state index in [0.717, 1.165) is 17.5 Å². The minimum absolute atomic E-state index is 0.0891. The molecule has 0 radical (unpaired) electrons. The van der Waals surface area contributed by atoms with E-state index in [-0.39, 0.29) is 24.5 Å². The highest BCUT2D eigenvalue weighted by atomic mass is 19.1. The molecule has 112 valence electrons. The van der Waals surface area contributed by atoms with E-state index in [9.17, 15) is 9.50 Å². The number of hydrogen-bond acceptors (Lipinski definition) is 2. The summed E-state index contributed by atoms with van der Waals surface area (Å²) in [5.74, 6) is -0.219. The topological polar surface area (TPSA) is 32.3 Å². The molecule has 2 aromatic rings. The van der Waals surface area contributed by atoms with Crippen LogP contribution < -0.4 is 5.32 Å². The second-order valence-corrected chi connectivity index (χ2v) is 5.15. The van der Waals surface area contributed by atoms with Crippen LogP contribution >= 0.6 is 0 Å². The molecule has 0 aromatic heterocycles. The van der Waals surface area contributed by atoms with Crippen LogP contribution in [0.25, 0.3) is 0 Å². The van der Waals surface area contributed by atoms with Gasteiger partial charge in [0, 0.05) is 18.7 Å². The fraction of sp³-hybridized carbons (Fsp3) is 0.333. The molecule has 0 saturated heterocycles. The molecule has 2 rings (SSSR count). The molecule has 2 aromatic carbocycles. The number of nitrogens with one attached hydrogen (secondary N) is 1.